The molecule has 0 aliphatic heterocycles. The van der Waals surface area contributed by atoms with Gasteiger partial charge >= 0.3 is 5.97 Å². The average molecular weight is 485 g/mol. The van der Waals surface area contributed by atoms with Crippen molar-refractivity contribution in [3.63, 3.8) is 0 Å². The van der Waals surface area contributed by atoms with E-state index in [1.165, 1.54) is 4.31 Å². The number of hydrogen-bond acceptors (Lipinski definition) is 5. The Labute approximate surface area is 201 Å². The van der Waals surface area contributed by atoms with Gasteiger partial charge in [0.05, 0.1) is 30.7 Å². The molecule has 0 fully saturated rings. The van der Waals surface area contributed by atoms with E-state index in [0.29, 0.717) is 28.3 Å². The molecular weight excluding hydrogens is 452 g/mol. The highest BCUT2D eigenvalue weighted by atomic mass is 32.2. The van der Waals surface area contributed by atoms with Gasteiger partial charge in [0.2, 0.25) is 10.0 Å². The lowest BCUT2D eigenvalue weighted by molar-refractivity contribution is 0.0525. The molecule has 1 heterocycles. The lowest BCUT2D eigenvalue weighted by atomic mass is 10.1. The number of esters is 1. The topological polar surface area (TPSA) is 88.7 Å². The third-order valence-corrected chi connectivity index (χ3v) is 7.78. The van der Waals surface area contributed by atoms with Gasteiger partial charge in [-0.1, -0.05) is 18.2 Å². The normalized spacial score (nSPS) is 11.6. The molecule has 0 atom stereocenters. The Balaban J connectivity index is 2.03. The standard InChI is InChI=1S/C26H32N2O5S/c1-7-33-26(29)25-19(4)24(27-20(25)5)16-28(15-21-9-11-22(32-6)12-10-21)34(30,31)23-13-8-17(2)18(3)14-23/h8-14,27H,7,15-16H2,1-6H3. The average Bonchev–Trinajstić information content (AvgIpc) is 3.08. The molecular formula is C26H32N2O5S. The first kappa shape index (κ1) is 25.5. The molecule has 0 bridgehead atoms. The molecule has 0 spiro atoms. The van der Waals surface area contributed by atoms with Crippen LogP contribution in [0.25, 0.3) is 0 Å². The maximum Gasteiger partial charge on any atom is 0.340 e. The second kappa shape index (κ2) is 10.4. The molecule has 1 N–H and O–H groups in total. The van der Waals surface area contributed by atoms with Crippen molar-refractivity contribution in [1.29, 1.82) is 0 Å². The first-order valence-corrected chi connectivity index (χ1v) is 12.6. The summed E-state index contributed by atoms with van der Waals surface area (Å²) >= 11 is 0. The minimum absolute atomic E-state index is 0.0768. The van der Waals surface area contributed by atoms with Crippen LogP contribution in [-0.4, -0.2) is 37.4 Å². The maximum absolute atomic E-state index is 13.8. The Morgan fingerprint density at radius 3 is 2.24 bits per heavy atom. The van der Waals surface area contributed by atoms with E-state index in [4.69, 9.17) is 9.47 Å². The second-order valence-corrected chi connectivity index (χ2v) is 10.3. The van der Waals surface area contributed by atoms with E-state index < -0.39 is 16.0 Å². The van der Waals surface area contributed by atoms with Gasteiger partial charge in [0.1, 0.15) is 5.75 Å². The summed E-state index contributed by atoms with van der Waals surface area (Å²) in [5.41, 5.74) is 5.19. The molecule has 0 unspecified atom stereocenters. The molecule has 0 saturated carbocycles. The number of rotatable bonds is 9. The molecule has 0 amide bonds. The van der Waals surface area contributed by atoms with Crippen molar-refractivity contribution >= 4 is 16.0 Å². The number of aromatic amines is 1. The van der Waals surface area contributed by atoms with Crippen molar-refractivity contribution in [2.24, 2.45) is 0 Å². The maximum atomic E-state index is 13.8. The highest BCUT2D eigenvalue weighted by Gasteiger charge is 2.28. The third kappa shape index (κ3) is 5.34. The van der Waals surface area contributed by atoms with Crippen molar-refractivity contribution in [1.82, 2.24) is 9.29 Å². The zero-order valence-electron chi connectivity index (χ0n) is 20.6. The number of H-pyrrole nitrogens is 1. The molecule has 7 nitrogen and oxygen atoms in total. The Morgan fingerprint density at radius 2 is 1.65 bits per heavy atom. The van der Waals surface area contributed by atoms with Crippen molar-refractivity contribution in [3.05, 3.63) is 81.7 Å². The van der Waals surface area contributed by atoms with E-state index in [1.807, 2.05) is 32.0 Å². The van der Waals surface area contributed by atoms with Crippen LogP contribution in [0.4, 0.5) is 0 Å². The van der Waals surface area contributed by atoms with Gasteiger partial charge in [-0.25, -0.2) is 13.2 Å². The fourth-order valence-electron chi connectivity index (χ4n) is 3.84. The van der Waals surface area contributed by atoms with Gasteiger partial charge in [-0.3, -0.25) is 0 Å². The Hall–Kier alpha value is -3.10. The van der Waals surface area contributed by atoms with E-state index in [2.05, 4.69) is 4.98 Å². The number of aryl methyl sites for hydroxylation is 3. The number of hydrogen-bond donors (Lipinski definition) is 1. The summed E-state index contributed by atoms with van der Waals surface area (Å²) in [6.07, 6.45) is 0. The fraction of sp³-hybridized carbons (Fsp3) is 0.346. The van der Waals surface area contributed by atoms with E-state index >= 15 is 0 Å². The van der Waals surface area contributed by atoms with Crippen LogP contribution in [0.3, 0.4) is 0 Å². The lowest BCUT2D eigenvalue weighted by Gasteiger charge is -2.23. The van der Waals surface area contributed by atoms with Gasteiger partial charge in [-0.05, 0) is 81.1 Å². The number of nitrogens with zero attached hydrogens (tertiary/aromatic N) is 1. The summed E-state index contributed by atoms with van der Waals surface area (Å²) in [6.45, 7) is 9.69. The molecule has 0 saturated heterocycles. The molecule has 3 rings (SSSR count). The van der Waals surface area contributed by atoms with Crippen molar-refractivity contribution in [2.75, 3.05) is 13.7 Å². The van der Waals surface area contributed by atoms with E-state index in [1.54, 1.807) is 52.1 Å². The van der Waals surface area contributed by atoms with Crippen LogP contribution in [0.15, 0.2) is 47.4 Å². The van der Waals surface area contributed by atoms with Gasteiger partial charge in [-0.15, -0.1) is 0 Å². The Bertz CT molecular complexity index is 1280. The molecule has 3 aromatic rings. The summed E-state index contributed by atoms with van der Waals surface area (Å²) in [6, 6.07) is 12.4. The molecule has 2 aromatic carbocycles. The van der Waals surface area contributed by atoms with Crippen LogP contribution in [0.1, 0.15) is 50.9 Å². The minimum Gasteiger partial charge on any atom is -0.497 e. The summed E-state index contributed by atoms with van der Waals surface area (Å²) in [7, 11) is -2.25. The van der Waals surface area contributed by atoms with E-state index in [9.17, 15) is 13.2 Å². The molecule has 1 aromatic heterocycles. The van der Waals surface area contributed by atoms with E-state index in [0.717, 1.165) is 16.7 Å². The summed E-state index contributed by atoms with van der Waals surface area (Å²) < 4.78 is 39.4. The van der Waals surface area contributed by atoms with Crippen LogP contribution < -0.4 is 4.74 Å². The number of methoxy groups -OCH3 is 1. The quantitative estimate of drug-likeness (QED) is 0.440. The number of aromatic nitrogens is 1. The van der Waals surface area contributed by atoms with Crippen molar-refractivity contribution in [3.8, 4) is 5.75 Å². The number of carbonyl (C=O) groups is 1. The number of ether oxygens (including phenoxy) is 2. The van der Waals surface area contributed by atoms with Gasteiger partial charge in [0, 0.05) is 17.9 Å². The van der Waals surface area contributed by atoms with Crippen LogP contribution in [0.2, 0.25) is 0 Å². The highest BCUT2D eigenvalue weighted by Crippen LogP contribution is 2.27. The molecule has 182 valence electrons. The number of carbonyl (C=O) groups excluding carboxylic acids is 1. The zero-order chi connectivity index (χ0) is 25.0. The lowest BCUT2D eigenvalue weighted by Crippen LogP contribution is -2.31. The fourth-order valence-corrected chi connectivity index (χ4v) is 5.32. The number of benzene rings is 2. The zero-order valence-corrected chi connectivity index (χ0v) is 21.4. The predicted octanol–water partition coefficient (Wildman–Crippen LogP) is 4.82. The van der Waals surface area contributed by atoms with E-state index in [-0.39, 0.29) is 24.6 Å². The molecule has 0 aliphatic rings. The first-order chi connectivity index (χ1) is 16.1. The summed E-state index contributed by atoms with van der Waals surface area (Å²) in [5, 5.41) is 0. The summed E-state index contributed by atoms with van der Waals surface area (Å²) in [4.78, 5) is 15.9. The van der Waals surface area contributed by atoms with Gasteiger partial charge in [0.25, 0.3) is 0 Å². The van der Waals surface area contributed by atoms with Crippen LogP contribution >= 0.6 is 0 Å². The SMILES string of the molecule is CCOC(=O)c1c(C)[nH]c(CN(Cc2ccc(OC)cc2)S(=O)(=O)c2ccc(C)c(C)c2)c1C. The van der Waals surface area contributed by atoms with Crippen LogP contribution in [0, 0.1) is 27.7 Å². The predicted molar refractivity (Wildman–Crippen MR) is 132 cm³/mol. The molecule has 34 heavy (non-hydrogen) atoms. The molecule has 8 heteroatoms. The van der Waals surface area contributed by atoms with Gasteiger partial charge in [-0.2, -0.15) is 4.31 Å². The Morgan fingerprint density at radius 1 is 0.971 bits per heavy atom. The van der Waals surface area contributed by atoms with Gasteiger partial charge in [0.15, 0.2) is 0 Å². The second-order valence-electron chi connectivity index (χ2n) is 8.32. The van der Waals surface area contributed by atoms with Crippen molar-refractivity contribution in [2.45, 2.75) is 52.6 Å². The minimum atomic E-state index is -3.84. The summed E-state index contributed by atoms with van der Waals surface area (Å²) in [5.74, 6) is 0.279. The van der Waals surface area contributed by atoms with Gasteiger partial charge < -0.3 is 14.5 Å². The molecule has 0 aliphatic carbocycles. The van der Waals surface area contributed by atoms with Crippen LogP contribution in [0.5, 0.6) is 5.75 Å². The smallest absolute Gasteiger partial charge is 0.340 e. The van der Waals surface area contributed by atoms with Crippen molar-refractivity contribution < 1.29 is 22.7 Å². The first-order valence-electron chi connectivity index (χ1n) is 11.1. The largest absolute Gasteiger partial charge is 0.497 e. The monoisotopic (exact) mass is 484 g/mol. The third-order valence-electron chi connectivity index (χ3n) is 5.99. The number of nitrogens with one attached hydrogen (secondary N) is 1. The van der Waals surface area contributed by atoms with Crippen LogP contribution in [-0.2, 0) is 27.8 Å². The number of sulfonamides is 1. The Kier molecular flexibility index (Phi) is 7.84. The highest BCUT2D eigenvalue weighted by molar-refractivity contribution is 7.89. The molecule has 0 radical (unpaired) electrons.